The molecule has 0 fully saturated rings. The van der Waals surface area contributed by atoms with E-state index in [2.05, 4.69) is 117 Å². The molecule has 1 aromatic heterocycles. The number of fused-ring (bicyclic) bond motifs is 1. The zero-order valence-electron chi connectivity index (χ0n) is 19.3. The molecule has 156 valence electrons. The normalized spacial score (nSPS) is 12.6. The Hall–Kier alpha value is -2.13. The second-order valence-corrected chi connectivity index (χ2v) is 9.80. The van der Waals surface area contributed by atoms with Crippen molar-refractivity contribution in [3.05, 3.63) is 66.0 Å². The first kappa shape index (κ1) is 21.6. The number of benzene rings is 2. The Kier molecular flexibility index (Phi) is 6.48. The molecule has 0 spiro atoms. The van der Waals surface area contributed by atoms with Crippen LogP contribution < -0.4 is 4.57 Å². The summed E-state index contributed by atoms with van der Waals surface area (Å²) in [6.07, 6.45) is 2.29. The van der Waals surface area contributed by atoms with Crippen molar-refractivity contribution in [1.29, 1.82) is 0 Å². The van der Waals surface area contributed by atoms with Gasteiger partial charge in [-0.15, -0.1) is 0 Å². The number of para-hydroxylation sites is 2. The van der Waals surface area contributed by atoms with Crippen LogP contribution in [0.2, 0.25) is 0 Å². The molecule has 3 nitrogen and oxygen atoms in total. The van der Waals surface area contributed by atoms with E-state index < -0.39 is 0 Å². The van der Waals surface area contributed by atoms with Gasteiger partial charge in [0.15, 0.2) is 11.0 Å². The van der Waals surface area contributed by atoms with Gasteiger partial charge in [-0.05, 0) is 56.4 Å². The molecule has 2 aromatic carbocycles. The Balaban J connectivity index is 1.84. The highest BCUT2D eigenvalue weighted by atomic mass is 15.2. The molecule has 0 N–H and O–H groups in total. The van der Waals surface area contributed by atoms with E-state index in [4.69, 9.17) is 0 Å². The summed E-state index contributed by atoms with van der Waals surface area (Å²) >= 11 is 0. The van der Waals surface area contributed by atoms with Crippen LogP contribution in [0.1, 0.15) is 59.6 Å². The van der Waals surface area contributed by atoms with Gasteiger partial charge in [0.2, 0.25) is 6.33 Å². The largest absolute Gasteiger partial charge is 0.295 e. The van der Waals surface area contributed by atoms with E-state index in [-0.39, 0.29) is 5.41 Å². The second kappa shape index (κ2) is 8.71. The predicted octanol–water partition coefficient (Wildman–Crippen LogP) is 5.39. The number of imidazole rings is 1. The van der Waals surface area contributed by atoms with Crippen LogP contribution in [0.3, 0.4) is 0 Å². The molecule has 3 aromatic rings. The number of rotatable bonds is 7. The summed E-state index contributed by atoms with van der Waals surface area (Å²) < 4.78 is 4.80. The van der Waals surface area contributed by atoms with Gasteiger partial charge in [0.05, 0.1) is 0 Å². The molecule has 0 saturated carbocycles. The lowest BCUT2D eigenvalue weighted by molar-refractivity contribution is -0.663. The van der Waals surface area contributed by atoms with Crippen molar-refractivity contribution in [1.82, 2.24) is 9.47 Å². The zero-order chi connectivity index (χ0) is 21.2. The van der Waals surface area contributed by atoms with E-state index in [0.717, 1.165) is 19.6 Å². The van der Waals surface area contributed by atoms with E-state index in [1.807, 2.05) is 0 Å². The summed E-state index contributed by atoms with van der Waals surface area (Å²) in [6, 6.07) is 19.0. The van der Waals surface area contributed by atoms with Crippen LogP contribution in [0, 0.1) is 0 Å². The van der Waals surface area contributed by atoms with E-state index in [9.17, 15) is 0 Å². The van der Waals surface area contributed by atoms with E-state index >= 15 is 0 Å². The number of nitrogens with zero attached hydrogens (tertiary/aromatic N) is 3. The Morgan fingerprint density at radius 2 is 1.52 bits per heavy atom. The molecule has 0 saturated heterocycles. The highest BCUT2D eigenvalue weighted by molar-refractivity contribution is 5.71. The maximum Gasteiger partial charge on any atom is 0.245 e. The monoisotopic (exact) mass is 392 g/mol. The quantitative estimate of drug-likeness (QED) is 0.491. The second-order valence-electron chi connectivity index (χ2n) is 9.80. The van der Waals surface area contributed by atoms with Gasteiger partial charge in [0.25, 0.3) is 0 Å². The molecular weight excluding hydrogens is 354 g/mol. The number of aromatic nitrogens is 2. The third-order valence-corrected chi connectivity index (χ3v) is 5.88. The fraction of sp³-hybridized carbons (Fsp3) is 0.500. The maximum atomic E-state index is 2.56. The number of hydrogen-bond acceptors (Lipinski definition) is 1. The lowest BCUT2D eigenvalue weighted by atomic mass is 9.87. The number of hydrogen-bond donors (Lipinski definition) is 0. The minimum Gasteiger partial charge on any atom is -0.295 e. The first-order valence-corrected chi connectivity index (χ1v) is 11.0. The summed E-state index contributed by atoms with van der Waals surface area (Å²) in [5.41, 5.74) is 5.53. The summed E-state index contributed by atoms with van der Waals surface area (Å²) in [5.74, 6) is 0. The average Bonchev–Trinajstić information content (AvgIpc) is 2.99. The molecule has 3 rings (SSSR count). The van der Waals surface area contributed by atoms with Crippen molar-refractivity contribution in [2.24, 2.45) is 0 Å². The van der Waals surface area contributed by atoms with Crippen molar-refractivity contribution in [2.45, 2.75) is 79.1 Å². The molecule has 3 heteroatoms. The lowest BCUT2D eigenvalue weighted by Crippen LogP contribution is -2.39. The molecule has 0 atom stereocenters. The standard InChI is InChI=1S/C26H38N3/c1-20(2)29(21(3)4)17-16-27-19-28(25-11-9-8-10-24(25)27)18-22-12-14-23(15-13-22)26(5,6)7/h8-15,19-21H,16-18H2,1-7H3/q+1. The summed E-state index contributed by atoms with van der Waals surface area (Å²) in [7, 11) is 0. The average molecular weight is 393 g/mol. The van der Waals surface area contributed by atoms with E-state index in [1.165, 1.54) is 22.2 Å². The minimum atomic E-state index is 0.195. The zero-order valence-corrected chi connectivity index (χ0v) is 19.3. The van der Waals surface area contributed by atoms with E-state index in [1.54, 1.807) is 0 Å². The van der Waals surface area contributed by atoms with Gasteiger partial charge >= 0.3 is 0 Å². The summed E-state index contributed by atoms with van der Waals surface area (Å²) in [5, 5.41) is 0. The molecule has 0 unspecified atom stereocenters. The van der Waals surface area contributed by atoms with Gasteiger partial charge in [-0.3, -0.25) is 4.90 Å². The first-order valence-electron chi connectivity index (χ1n) is 11.0. The maximum absolute atomic E-state index is 2.56. The lowest BCUT2D eigenvalue weighted by Gasteiger charge is -2.29. The Labute approximate surface area is 177 Å². The van der Waals surface area contributed by atoms with Crippen LogP contribution in [0.5, 0.6) is 0 Å². The fourth-order valence-corrected chi connectivity index (χ4v) is 4.19. The van der Waals surface area contributed by atoms with Crippen LogP contribution in [0.25, 0.3) is 11.0 Å². The summed E-state index contributed by atoms with van der Waals surface area (Å²) in [6.45, 7) is 18.9. The molecular formula is C26H38N3+. The van der Waals surface area contributed by atoms with Crippen molar-refractivity contribution < 1.29 is 4.57 Å². The van der Waals surface area contributed by atoms with Gasteiger partial charge < -0.3 is 0 Å². The van der Waals surface area contributed by atoms with E-state index in [0.29, 0.717) is 12.1 Å². The van der Waals surface area contributed by atoms with Gasteiger partial charge in [0.1, 0.15) is 13.1 Å². The van der Waals surface area contributed by atoms with Crippen LogP contribution in [0.4, 0.5) is 0 Å². The highest BCUT2D eigenvalue weighted by Gasteiger charge is 2.19. The van der Waals surface area contributed by atoms with Gasteiger partial charge in [0, 0.05) is 18.6 Å². The molecule has 0 bridgehead atoms. The van der Waals surface area contributed by atoms with Gasteiger partial charge in [-0.2, -0.15) is 0 Å². The Bertz CT molecular complexity index is 919. The molecule has 0 aliphatic carbocycles. The van der Waals surface area contributed by atoms with Crippen molar-refractivity contribution in [2.75, 3.05) is 6.54 Å². The van der Waals surface area contributed by atoms with Crippen molar-refractivity contribution in [3.63, 3.8) is 0 Å². The first-order chi connectivity index (χ1) is 13.7. The molecule has 0 aliphatic heterocycles. The van der Waals surface area contributed by atoms with Crippen molar-refractivity contribution >= 4 is 11.0 Å². The molecule has 0 amide bonds. The van der Waals surface area contributed by atoms with Crippen LogP contribution in [-0.2, 0) is 18.5 Å². The molecule has 0 aliphatic rings. The van der Waals surface area contributed by atoms with Gasteiger partial charge in [-0.25, -0.2) is 9.13 Å². The molecule has 29 heavy (non-hydrogen) atoms. The van der Waals surface area contributed by atoms with Crippen LogP contribution >= 0.6 is 0 Å². The van der Waals surface area contributed by atoms with Crippen molar-refractivity contribution in [3.8, 4) is 0 Å². The molecule has 0 radical (unpaired) electrons. The topological polar surface area (TPSA) is 12.1 Å². The third kappa shape index (κ3) is 5.08. The van der Waals surface area contributed by atoms with Gasteiger partial charge in [-0.1, -0.05) is 57.2 Å². The highest BCUT2D eigenvalue weighted by Crippen LogP contribution is 2.22. The van der Waals surface area contributed by atoms with Crippen LogP contribution in [0.15, 0.2) is 54.9 Å². The molecule has 1 heterocycles. The fourth-order valence-electron chi connectivity index (χ4n) is 4.19. The Morgan fingerprint density at radius 3 is 2.10 bits per heavy atom. The summed E-state index contributed by atoms with van der Waals surface area (Å²) in [4.78, 5) is 2.56. The SMILES string of the molecule is CC(C)N(CCn1c[n+](Cc2ccc(C(C)(C)C)cc2)c2ccccc21)C(C)C. The third-order valence-electron chi connectivity index (χ3n) is 5.88. The minimum absolute atomic E-state index is 0.195. The van der Waals surface area contributed by atoms with Crippen LogP contribution in [-0.4, -0.2) is 28.1 Å². The smallest absolute Gasteiger partial charge is 0.245 e. The Morgan fingerprint density at radius 1 is 0.897 bits per heavy atom. The predicted molar refractivity (Wildman–Crippen MR) is 123 cm³/mol.